The first-order valence-electron chi connectivity index (χ1n) is 11.5. The number of rotatable bonds is 4. The second-order valence-electron chi connectivity index (χ2n) is 8.71. The Morgan fingerprint density at radius 2 is 1.94 bits per heavy atom. The second-order valence-corrected chi connectivity index (χ2v) is 9.07. The molecule has 11 heteroatoms. The summed E-state index contributed by atoms with van der Waals surface area (Å²) in [5, 5.41) is 6.05. The molecule has 5 aromatic rings. The van der Waals surface area contributed by atoms with Crippen molar-refractivity contribution in [3.8, 4) is 11.6 Å². The van der Waals surface area contributed by atoms with Gasteiger partial charge in [-0.05, 0) is 37.1 Å². The number of para-hydroxylation sites is 1. The zero-order valence-electron chi connectivity index (χ0n) is 19.2. The Balaban J connectivity index is 1.20. The van der Waals surface area contributed by atoms with Gasteiger partial charge >= 0.3 is 0 Å². The molecular formula is C24H24ClN9O. The van der Waals surface area contributed by atoms with Gasteiger partial charge in [0.05, 0.1) is 11.8 Å². The number of aryl methyl sites for hydroxylation is 1. The Morgan fingerprint density at radius 1 is 1.03 bits per heavy atom. The number of nitrogens with two attached hydrogens (primary N) is 1. The Bertz CT molecular complexity index is 1520. The highest BCUT2D eigenvalue weighted by Gasteiger charge is 2.21. The highest BCUT2D eigenvalue weighted by molar-refractivity contribution is 6.30. The fourth-order valence-electron chi connectivity index (χ4n) is 4.49. The fourth-order valence-corrected chi connectivity index (χ4v) is 4.69. The predicted molar refractivity (Wildman–Crippen MR) is 134 cm³/mol. The van der Waals surface area contributed by atoms with Crippen LogP contribution in [0.5, 0.6) is 0 Å². The lowest BCUT2D eigenvalue weighted by Gasteiger charge is -2.22. The molecule has 0 bridgehead atoms. The van der Waals surface area contributed by atoms with E-state index in [4.69, 9.17) is 21.8 Å². The van der Waals surface area contributed by atoms with Crippen LogP contribution >= 0.6 is 11.6 Å². The summed E-state index contributed by atoms with van der Waals surface area (Å²) in [5.74, 6) is 2.16. The molecule has 0 saturated carbocycles. The van der Waals surface area contributed by atoms with Gasteiger partial charge in [-0.25, -0.2) is 4.98 Å². The summed E-state index contributed by atoms with van der Waals surface area (Å²) in [5.41, 5.74) is 9.31. The Hall–Kier alpha value is -3.76. The molecule has 0 amide bonds. The molecule has 178 valence electrons. The molecular weight excluding hydrogens is 466 g/mol. The molecule has 1 saturated heterocycles. The summed E-state index contributed by atoms with van der Waals surface area (Å²) in [6.07, 6.45) is 2.53. The van der Waals surface area contributed by atoms with Crippen molar-refractivity contribution in [2.75, 3.05) is 36.8 Å². The second kappa shape index (κ2) is 8.79. The fraction of sp³-hybridized carbons (Fsp3) is 0.292. The molecule has 1 aliphatic heterocycles. The first kappa shape index (κ1) is 21.8. The number of nitrogen functional groups attached to an aromatic ring is 1. The van der Waals surface area contributed by atoms with E-state index in [1.54, 1.807) is 18.4 Å². The van der Waals surface area contributed by atoms with E-state index in [-0.39, 0.29) is 5.95 Å². The van der Waals surface area contributed by atoms with E-state index in [1.807, 2.05) is 0 Å². The van der Waals surface area contributed by atoms with Gasteiger partial charge in [-0.15, -0.1) is 5.10 Å². The number of aromatic nitrogens is 6. The largest absolute Gasteiger partial charge is 0.461 e. The van der Waals surface area contributed by atoms with Gasteiger partial charge in [-0.1, -0.05) is 29.8 Å². The lowest BCUT2D eigenvalue weighted by atomic mass is 10.1. The number of hydrogen-bond donors (Lipinski definition) is 1. The van der Waals surface area contributed by atoms with Crippen LogP contribution in [0, 0.1) is 6.92 Å². The third-order valence-electron chi connectivity index (χ3n) is 6.30. The van der Waals surface area contributed by atoms with Crippen LogP contribution < -0.4 is 10.6 Å². The molecule has 0 unspecified atom stereocenters. The van der Waals surface area contributed by atoms with Crippen LogP contribution in [-0.2, 0) is 6.54 Å². The molecule has 35 heavy (non-hydrogen) atoms. The van der Waals surface area contributed by atoms with Crippen LogP contribution in [-0.4, -0.2) is 60.6 Å². The summed E-state index contributed by atoms with van der Waals surface area (Å²) in [7, 11) is 0. The minimum Gasteiger partial charge on any atom is -0.461 e. The van der Waals surface area contributed by atoms with E-state index >= 15 is 0 Å². The van der Waals surface area contributed by atoms with Gasteiger partial charge < -0.3 is 15.1 Å². The molecule has 1 fully saturated rings. The van der Waals surface area contributed by atoms with Gasteiger partial charge in [0.25, 0.3) is 5.78 Å². The quantitative estimate of drug-likeness (QED) is 0.378. The van der Waals surface area contributed by atoms with Crippen molar-refractivity contribution in [1.82, 2.24) is 34.4 Å². The molecule has 0 aliphatic carbocycles. The van der Waals surface area contributed by atoms with E-state index in [1.165, 1.54) is 4.52 Å². The van der Waals surface area contributed by atoms with E-state index in [2.05, 4.69) is 66.0 Å². The number of anilines is 2. The highest BCUT2D eigenvalue weighted by Crippen LogP contribution is 2.25. The SMILES string of the molecule is Cc1cccc2cc(CN3CCCN(c4nc(N)n5nc(-c6ccco6)nc5n4)CC3)c(Cl)nc12. The van der Waals surface area contributed by atoms with Gasteiger partial charge in [-0.2, -0.15) is 19.5 Å². The van der Waals surface area contributed by atoms with Crippen LogP contribution in [0.4, 0.5) is 11.9 Å². The number of fused-ring (bicyclic) bond motifs is 2. The monoisotopic (exact) mass is 489 g/mol. The summed E-state index contributed by atoms with van der Waals surface area (Å²) in [6, 6.07) is 11.9. The summed E-state index contributed by atoms with van der Waals surface area (Å²) < 4.78 is 6.83. The number of hydrogen-bond acceptors (Lipinski definition) is 9. The molecule has 1 aliphatic rings. The highest BCUT2D eigenvalue weighted by atomic mass is 35.5. The molecule has 0 atom stereocenters. The smallest absolute Gasteiger partial charge is 0.259 e. The number of furan rings is 1. The van der Waals surface area contributed by atoms with E-state index in [9.17, 15) is 0 Å². The third-order valence-corrected chi connectivity index (χ3v) is 6.63. The van der Waals surface area contributed by atoms with E-state index < -0.39 is 0 Å². The predicted octanol–water partition coefficient (Wildman–Crippen LogP) is 3.58. The molecule has 4 aromatic heterocycles. The van der Waals surface area contributed by atoms with Gasteiger partial charge in [-0.3, -0.25) is 4.90 Å². The van der Waals surface area contributed by atoms with Crippen molar-refractivity contribution in [2.45, 2.75) is 19.9 Å². The van der Waals surface area contributed by atoms with Crippen molar-refractivity contribution < 1.29 is 4.42 Å². The molecule has 0 radical (unpaired) electrons. The summed E-state index contributed by atoms with van der Waals surface area (Å²) >= 11 is 6.57. The molecule has 0 spiro atoms. The van der Waals surface area contributed by atoms with E-state index in [0.29, 0.717) is 28.5 Å². The molecule has 10 nitrogen and oxygen atoms in total. The molecule has 2 N–H and O–H groups in total. The van der Waals surface area contributed by atoms with Crippen LogP contribution in [0.25, 0.3) is 28.3 Å². The van der Waals surface area contributed by atoms with Crippen molar-refractivity contribution >= 4 is 40.2 Å². The molecule has 5 heterocycles. The van der Waals surface area contributed by atoms with Crippen LogP contribution in [0.1, 0.15) is 17.5 Å². The van der Waals surface area contributed by atoms with Gasteiger partial charge in [0.2, 0.25) is 17.7 Å². The first-order valence-corrected chi connectivity index (χ1v) is 11.9. The Kier molecular flexibility index (Phi) is 5.46. The maximum absolute atomic E-state index is 6.57. The minimum absolute atomic E-state index is 0.237. The lowest BCUT2D eigenvalue weighted by molar-refractivity contribution is 0.285. The minimum atomic E-state index is 0.237. The van der Waals surface area contributed by atoms with Crippen LogP contribution in [0.15, 0.2) is 47.1 Å². The summed E-state index contributed by atoms with van der Waals surface area (Å²) in [6.45, 7) is 6.13. The number of pyridine rings is 1. The number of benzene rings is 1. The van der Waals surface area contributed by atoms with Crippen LogP contribution in [0.3, 0.4) is 0 Å². The summed E-state index contributed by atoms with van der Waals surface area (Å²) in [4.78, 5) is 22.8. The van der Waals surface area contributed by atoms with Gasteiger partial charge in [0, 0.05) is 43.7 Å². The maximum Gasteiger partial charge on any atom is 0.259 e. The standard InChI is InChI=1S/C24H24ClN9O/c1-15-5-2-6-16-13-17(20(25)27-19(15)16)14-32-8-4-9-33(11-10-32)23-29-22(26)34-24(30-23)28-21(31-34)18-7-3-12-35-18/h2-3,5-7,12-13H,4,8-11,14H2,1H3,(H2,26,28,29,30,31). The van der Waals surface area contributed by atoms with Crippen molar-refractivity contribution in [3.05, 3.63) is 58.9 Å². The zero-order valence-corrected chi connectivity index (χ0v) is 20.0. The molecule has 1 aromatic carbocycles. The van der Waals surface area contributed by atoms with Crippen molar-refractivity contribution in [2.24, 2.45) is 0 Å². The van der Waals surface area contributed by atoms with Crippen molar-refractivity contribution in [3.63, 3.8) is 0 Å². The maximum atomic E-state index is 6.57. The normalized spacial score (nSPS) is 15.2. The average Bonchev–Trinajstić information content (AvgIpc) is 3.47. The van der Waals surface area contributed by atoms with Gasteiger partial charge in [0.15, 0.2) is 5.76 Å². The Labute approximate surface area is 206 Å². The average molecular weight is 490 g/mol. The van der Waals surface area contributed by atoms with E-state index in [0.717, 1.165) is 61.2 Å². The topological polar surface area (TPSA) is 114 Å². The number of halogens is 1. The number of nitrogens with zero attached hydrogens (tertiary/aromatic N) is 8. The zero-order chi connectivity index (χ0) is 23.9. The third kappa shape index (κ3) is 4.15. The first-order chi connectivity index (χ1) is 17.0. The van der Waals surface area contributed by atoms with Crippen molar-refractivity contribution in [1.29, 1.82) is 0 Å². The van der Waals surface area contributed by atoms with Gasteiger partial charge in [0.1, 0.15) is 5.15 Å². The molecule has 6 rings (SSSR count). The van der Waals surface area contributed by atoms with Crippen LogP contribution in [0.2, 0.25) is 5.15 Å². The lowest BCUT2D eigenvalue weighted by Crippen LogP contribution is -2.32. The Morgan fingerprint density at radius 3 is 2.80 bits per heavy atom.